The first-order chi connectivity index (χ1) is 9.29. The molecule has 1 aromatic heterocycles. The van der Waals surface area contributed by atoms with E-state index >= 15 is 0 Å². The van der Waals surface area contributed by atoms with Gasteiger partial charge in [-0.05, 0) is 23.6 Å². The topological polar surface area (TPSA) is 78.8 Å². The number of fused-ring (bicyclic) bond motifs is 1. The van der Waals surface area contributed by atoms with E-state index < -0.39 is 0 Å². The van der Waals surface area contributed by atoms with Crippen LogP contribution in [0.4, 0.5) is 11.5 Å². The van der Waals surface area contributed by atoms with Crippen LogP contribution in [0.5, 0.6) is 0 Å². The summed E-state index contributed by atoms with van der Waals surface area (Å²) >= 11 is 0. The number of benzene rings is 1. The fourth-order valence-electron chi connectivity index (χ4n) is 2.43. The van der Waals surface area contributed by atoms with Crippen LogP contribution < -0.4 is 10.6 Å². The zero-order valence-corrected chi connectivity index (χ0v) is 10.4. The lowest BCUT2D eigenvalue weighted by molar-refractivity contribution is 0.718. The van der Waals surface area contributed by atoms with E-state index in [1.807, 2.05) is 12.1 Å². The average Bonchev–Trinajstić information content (AvgIpc) is 2.47. The molecule has 0 radical (unpaired) electrons. The molecule has 94 valence electrons. The van der Waals surface area contributed by atoms with Crippen LogP contribution in [-0.4, -0.2) is 16.5 Å². The number of nitriles is 1. The first-order valence-electron chi connectivity index (χ1n) is 6.12. The fourth-order valence-corrected chi connectivity index (χ4v) is 2.43. The first kappa shape index (κ1) is 11.5. The smallest absolute Gasteiger partial charge is 0.183 e. The summed E-state index contributed by atoms with van der Waals surface area (Å²) in [4.78, 5) is 10.4. The van der Waals surface area contributed by atoms with Gasteiger partial charge < -0.3 is 10.6 Å². The lowest BCUT2D eigenvalue weighted by Gasteiger charge is -2.30. The Balaban J connectivity index is 1.98. The molecule has 0 bridgehead atoms. The van der Waals surface area contributed by atoms with E-state index in [4.69, 9.17) is 11.0 Å². The molecule has 1 aliphatic heterocycles. The molecule has 5 nitrogen and oxygen atoms in total. The molecule has 5 heteroatoms. The molecule has 0 aliphatic carbocycles. The van der Waals surface area contributed by atoms with Crippen molar-refractivity contribution in [1.82, 2.24) is 9.97 Å². The Labute approximate surface area is 111 Å². The van der Waals surface area contributed by atoms with E-state index in [2.05, 4.69) is 27.0 Å². The van der Waals surface area contributed by atoms with Crippen LogP contribution in [-0.2, 0) is 13.0 Å². The Morgan fingerprint density at radius 2 is 2.11 bits per heavy atom. The molecule has 0 saturated heterocycles. The van der Waals surface area contributed by atoms with Gasteiger partial charge in [-0.25, -0.2) is 9.97 Å². The Hall–Kier alpha value is -2.61. The fraction of sp³-hybridized carbons (Fsp3) is 0.214. The zero-order valence-electron chi connectivity index (χ0n) is 10.4. The third-order valence-corrected chi connectivity index (χ3v) is 3.39. The normalized spacial score (nSPS) is 13.7. The molecule has 0 atom stereocenters. The molecule has 0 unspecified atom stereocenters. The van der Waals surface area contributed by atoms with E-state index in [1.54, 1.807) is 6.20 Å². The van der Waals surface area contributed by atoms with Crippen LogP contribution in [0.25, 0.3) is 0 Å². The summed E-state index contributed by atoms with van der Waals surface area (Å²) in [5.74, 6) is 0.638. The second kappa shape index (κ2) is 4.58. The molecule has 0 amide bonds. The minimum atomic E-state index is 0.362. The van der Waals surface area contributed by atoms with Gasteiger partial charge in [0.2, 0.25) is 0 Å². The van der Waals surface area contributed by atoms with Crippen LogP contribution in [0.15, 0.2) is 30.6 Å². The van der Waals surface area contributed by atoms with Crippen molar-refractivity contribution >= 4 is 11.5 Å². The van der Waals surface area contributed by atoms with E-state index in [0.29, 0.717) is 18.1 Å². The highest BCUT2D eigenvalue weighted by Gasteiger charge is 2.21. The van der Waals surface area contributed by atoms with E-state index in [1.165, 1.54) is 11.8 Å². The maximum absolute atomic E-state index is 9.10. The highest BCUT2D eigenvalue weighted by Crippen LogP contribution is 2.27. The molecule has 0 saturated carbocycles. The predicted molar refractivity (Wildman–Crippen MR) is 72.4 cm³/mol. The van der Waals surface area contributed by atoms with Gasteiger partial charge in [0.25, 0.3) is 0 Å². The van der Waals surface area contributed by atoms with Gasteiger partial charge in [-0.15, -0.1) is 0 Å². The number of anilines is 2. The van der Waals surface area contributed by atoms with Gasteiger partial charge in [-0.2, -0.15) is 5.26 Å². The number of hydrogen-bond donors (Lipinski definition) is 1. The largest absolute Gasteiger partial charge is 0.398 e. The van der Waals surface area contributed by atoms with E-state index in [-0.39, 0.29) is 0 Å². The average molecular weight is 251 g/mol. The van der Waals surface area contributed by atoms with Crippen LogP contribution in [0.1, 0.15) is 16.8 Å². The Morgan fingerprint density at radius 1 is 1.26 bits per heavy atom. The minimum absolute atomic E-state index is 0.362. The van der Waals surface area contributed by atoms with Crippen molar-refractivity contribution in [3.05, 3.63) is 47.4 Å². The zero-order chi connectivity index (χ0) is 13.2. The second-order valence-electron chi connectivity index (χ2n) is 4.50. The van der Waals surface area contributed by atoms with Crippen molar-refractivity contribution in [1.29, 1.82) is 5.26 Å². The summed E-state index contributed by atoms with van der Waals surface area (Å²) in [6.45, 7) is 1.50. The van der Waals surface area contributed by atoms with Gasteiger partial charge in [0.05, 0.1) is 0 Å². The molecule has 19 heavy (non-hydrogen) atoms. The third kappa shape index (κ3) is 1.97. The lowest BCUT2D eigenvalue weighted by Crippen LogP contribution is -2.32. The first-order valence-corrected chi connectivity index (χ1v) is 6.12. The summed E-state index contributed by atoms with van der Waals surface area (Å²) in [5.41, 5.74) is 9.59. The maximum Gasteiger partial charge on any atom is 0.183 e. The molecule has 1 aliphatic rings. The van der Waals surface area contributed by atoms with Crippen molar-refractivity contribution in [3.63, 3.8) is 0 Å². The number of nitrogens with zero attached hydrogens (tertiary/aromatic N) is 4. The third-order valence-electron chi connectivity index (χ3n) is 3.39. The lowest BCUT2D eigenvalue weighted by atomic mass is 9.98. The SMILES string of the molecule is N#Cc1nccnc1N1CCc2cccc(N)c2C1. The Kier molecular flexibility index (Phi) is 2.76. The Bertz CT molecular complexity index is 659. The molecule has 3 rings (SSSR count). The predicted octanol–water partition coefficient (Wildman–Crippen LogP) is 1.49. The van der Waals surface area contributed by atoms with Gasteiger partial charge >= 0.3 is 0 Å². The van der Waals surface area contributed by atoms with Crippen molar-refractivity contribution < 1.29 is 0 Å². The maximum atomic E-state index is 9.10. The highest BCUT2D eigenvalue weighted by molar-refractivity contribution is 5.57. The van der Waals surface area contributed by atoms with E-state index in [9.17, 15) is 0 Å². The summed E-state index contributed by atoms with van der Waals surface area (Å²) in [5, 5.41) is 9.10. The van der Waals surface area contributed by atoms with Crippen LogP contribution >= 0.6 is 0 Å². The molecule has 2 N–H and O–H groups in total. The van der Waals surface area contributed by atoms with Crippen molar-refractivity contribution in [2.24, 2.45) is 0 Å². The van der Waals surface area contributed by atoms with Crippen LogP contribution in [0.2, 0.25) is 0 Å². The molecule has 2 heterocycles. The van der Waals surface area contributed by atoms with E-state index in [0.717, 1.165) is 24.2 Å². The molecule has 0 spiro atoms. The number of rotatable bonds is 1. The minimum Gasteiger partial charge on any atom is -0.398 e. The molecule has 0 fully saturated rings. The molecule has 1 aromatic carbocycles. The quantitative estimate of drug-likeness (QED) is 0.777. The summed E-state index contributed by atoms with van der Waals surface area (Å²) in [6.07, 6.45) is 4.05. The number of aromatic nitrogens is 2. The number of nitrogens with two attached hydrogens (primary N) is 1. The van der Waals surface area contributed by atoms with Gasteiger partial charge in [-0.1, -0.05) is 12.1 Å². The van der Waals surface area contributed by atoms with Crippen LogP contribution in [0.3, 0.4) is 0 Å². The second-order valence-corrected chi connectivity index (χ2v) is 4.50. The molecular weight excluding hydrogens is 238 g/mol. The summed E-state index contributed by atoms with van der Waals surface area (Å²) < 4.78 is 0. The van der Waals surface area contributed by atoms with Gasteiger partial charge in [-0.3, -0.25) is 0 Å². The summed E-state index contributed by atoms with van der Waals surface area (Å²) in [7, 11) is 0. The monoisotopic (exact) mass is 251 g/mol. The standard InChI is InChI=1S/C14H13N5/c15-8-13-14(18-6-5-17-13)19-7-4-10-2-1-3-12(16)11(10)9-19/h1-3,5-6H,4,7,9,16H2. The molecular formula is C14H13N5. The van der Waals surface area contributed by atoms with Crippen molar-refractivity contribution in [2.45, 2.75) is 13.0 Å². The van der Waals surface area contributed by atoms with Gasteiger partial charge in [0.15, 0.2) is 11.5 Å². The van der Waals surface area contributed by atoms with Gasteiger partial charge in [0.1, 0.15) is 6.07 Å². The summed E-state index contributed by atoms with van der Waals surface area (Å²) in [6, 6.07) is 8.07. The van der Waals surface area contributed by atoms with Gasteiger partial charge in [0, 0.05) is 31.2 Å². The molecule has 2 aromatic rings. The van der Waals surface area contributed by atoms with Crippen LogP contribution in [0, 0.1) is 11.3 Å². The Morgan fingerprint density at radius 3 is 2.95 bits per heavy atom. The number of hydrogen-bond acceptors (Lipinski definition) is 5. The van der Waals surface area contributed by atoms with Crippen molar-refractivity contribution in [3.8, 4) is 6.07 Å². The number of nitrogen functional groups attached to an aromatic ring is 1. The van der Waals surface area contributed by atoms with Crippen molar-refractivity contribution in [2.75, 3.05) is 17.2 Å². The highest BCUT2D eigenvalue weighted by atomic mass is 15.2.